The number of benzene rings is 2. The molecule has 0 saturated heterocycles. The minimum Gasteiger partial charge on any atom is -0.465 e. The van der Waals surface area contributed by atoms with Crippen molar-refractivity contribution in [1.82, 2.24) is 0 Å². The number of rotatable bonds is 5. The van der Waals surface area contributed by atoms with E-state index in [1.807, 2.05) is 50.2 Å². The second-order valence-corrected chi connectivity index (χ2v) is 6.32. The van der Waals surface area contributed by atoms with Crippen molar-refractivity contribution >= 4 is 23.5 Å². The second-order valence-electron chi connectivity index (χ2n) is 6.32. The van der Waals surface area contributed by atoms with Crippen LogP contribution in [0.4, 0.5) is 5.69 Å². The van der Waals surface area contributed by atoms with Crippen LogP contribution in [0.5, 0.6) is 0 Å². The standard InChI is InChI=1S/C21H23NO5/c1-12(2)15-11-16(14-9-7-6-8-10-14)19(22-13(3)23)18(21(25)27-5)17(15)20(24)26-4/h6-12H,1-5H3,(H,22,23). The summed E-state index contributed by atoms with van der Waals surface area (Å²) in [6, 6.07) is 11.1. The Balaban J connectivity index is 3.00. The van der Waals surface area contributed by atoms with Gasteiger partial charge in [-0.15, -0.1) is 0 Å². The van der Waals surface area contributed by atoms with Crippen molar-refractivity contribution in [3.63, 3.8) is 0 Å². The third-order valence-corrected chi connectivity index (χ3v) is 4.14. The van der Waals surface area contributed by atoms with Crippen LogP contribution in [0.25, 0.3) is 11.1 Å². The SMILES string of the molecule is COC(=O)c1c(C(C)C)cc(-c2ccccc2)c(NC(C)=O)c1C(=O)OC. The summed E-state index contributed by atoms with van der Waals surface area (Å²) in [5.41, 5.74) is 2.38. The van der Waals surface area contributed by atoms with Gasteiger partial charge in [0.25, 0.3) is 0 Å². The number of anilines is 1. The van der Waals surface area contributed by atoms with Crippen LogP contribution in [-0.2, 0) is 14.3 Å². The summed E-state index contributed by atoms with van der Waals surface area (Å²) in [6.07, 6.45) is 0. The average molecular weight is 369 g/mol. The molecule has 0 bridgehead atoms. The highest BCUT2D eigenvalue weighted by atomic mass is 16.5. The Kier molecular flexibility index (Phi) is 6.34. The van der Waals surface area contributed by atoms with E-state index in [4.69, 9.17) is 9.47 Å². The van der Waals surface area contributed by atoms with Gasteiger partial charge >= 0.3 is 11.9 Å². The van der Waals surface area contributed by atoms with Crippen molar-refractivity contribution in [2.75, 3.05) is 19.5 Å². The fraction of sp³-hybridized carbons (Fsp3) is 0.286. The second kappa shape index (κ2) is 8.49. The highest BCUT2D eigenvalue weighted by molar-refractivity contribution is 6.13. The maximum absolute atomic E-state index is 12.6. The molecule has 0 atom stereocenters. The molecule has 0 radical (unpaired) electrons. The van der Waals surface area contributed by atoms with E-state index in [-0.39, 0.29) is 28.6 Å². The molecule has 2 aromatic rings. The molecule has 0 aromatic heterocycles. The molecule has 2 aromatic carbocycles. The van der Waals surface area contributed by atoms with Gasteiger partial charge in [0.1, 0.15) is 0 Å². The van der Waals surface area contributed by atoms with Gasteiger partial charge in [0.05, 0.1) is 31.0 Å². The number of carbonyl (C=O) groups is 3. The zero-order valence-corrected chi connectivity index (χ0v) is 16.1. The molecule has 0 aliphatic rings. The van der Waals surface area contributed by atoms with Gasteiger partial charge in [0.2, 0.25) is 5.91 Å². The Hall–Kier alpha value is -3.15. The molecule has 27 heavy (non-hydrogen) atoms. The molecule has 0 saturated carbocycles. The van der Waals surface area contributed by atoms with E-state index in [0.29, 0.717) is 11.1 Å². The molecule has 0 fully saturated rings. The third-order valence-electron chi connectivity index (χ3n) is 4.14. The molecule has 0 aliphatic heterocycles. The van der Waals surface area contributed by atoms with Crippen molar-refractivity contribution < 1.29 is 23.9 Å². The van der Waals surface area contributed by atoms with Crippen molar-refractivity contribution in [1.29, 1.82) is 0 Å². The third kappa shape index (κ3) is 4.16. The number of esters is 2. The number of carbonyl (C=O) groups excluding carboxylic acids is 3. The van der Waals surface area contributed by atoms with Gasteiger partial charge in [-0.25, -0.2) is 9.59 Å². The zero-order chi connectivity index (χ0) is 20.1. The Morgan fingerprint density at radius 2 is 1.48 bits per heavy atom. The maximum Gasteiger partial charge on any atom is 0.340 e. The molecule has 0 spiro atoms. The number of hydrogen-bond acceptors (Lipinski definition) is 5. The molecule has 1 amide bonds. The first kappa shape index (κ1) is 20.2. The summed E-state index contributed by atoms with van der Waals surface area (Å²) in [6.45, 7) is 5.16. The van der Waals surface area contributed by atoms with Crippen LogP contribution in [-0.4, -0.2) is 32.1 Å². The molecule has 2 rings (SSSR count). The van der Waals surface area contributed by atoms with E-state index in [1.165, 1.54) is 21.1 Å². The fourth-order valence-electron chi connectivity index (χ4n) is 2.94. The van der Waals surface area contributed by atoms with Gasteiger partial charge in [-0.05, 0) is 23.1 Å². The molecule has 142 valence electrons. The van der Waals surface area contributed by atoms with Crippen molar-refractivity contribution in [3.05, 3.63) is 53.1 Å². The van der Waals surface area contributed by atoms with E-state index in [1.54, 1.807) is 0 Å². The maximum atomic E-state index is 12.6. The minimum absolute atomic E-state index is 0.00963. The average Bonchev–Trinajstić information content (AvgIpc) is 2.66. The van der Waals surface area contributed by atoms with Gasteiger partial charge in [-0.2, -0.15) is 0 Å². The molecule has 1 N–H and O–H groups in total. The highest BCUT2D eigenvalue weighted by Gasteiger charge is 2.30. The number of amides is 1. The Bertz CT molecular complexity index is 872. The first-order valence-electron chi connectivity index (χ1n) is 8.52. The van der Waals surface area contributed by atoms with Crippen LogP contribution < -0.4 is 5.32 Å². The van der Waals surface area contributed by atoms with Crippen LogP contribution in [0.1, 0.15) is 53.0 Å². The number of ether oxygens (including phenoxy) is 2. The first-order chi connectivity index (χ1) is 12.8. The van der Waals surface area contributed by atoms with E-state index >= 15 is 0 Å². The smallest absolute Gasteiger partial charge is 0.340 e. The largest absolute Gasteiger partial charge is 0.465 e. The van der Waals surface area contributed by atoms with Gasteiger partial charge < -0.3 is 14.8 Å². The molecule has 6 heteroatoms. The predicted molar refractivity (Wildman–Crippen MR) is 103 cm³/mol. The summed E-state index contributed by atoms with van der Waals surface area (Å²) in [5, 5.41) is 2.69. The fourth-order valence-corrected chi connectivity index (χ4v) is 2.94. The monoisotopic (exact) mass is 369 g/mol. The minimum atomic E-state index is -0.723. The lowest BCUT2D eigenvalue weighted by Crippen LogP contribution is -2.20. The van der Waals surface area contributed by atoms with Crippen molar-refractivity contribution in [2.24, 2.45) is 0 Å². The molecule has 6 nitrogen and oxygen atoms in total. The molecule has 0 unspecified atom stereocenters. The van der Waals surface area contributed by atoms with Gasteiger partial charge in [-0.3, -0.25) is 4.79 Å². The van der Waals surface area contributed by atoms with Crippen LogP contribution in [0.15, 0.2) is 36.4 Å². The number of nitrogens with one attached hydrogen (secondary N) is 1. The predicted octanol–water partition coefficient (Wildman–Crippen LogP) is 4.01. The summed E-state index contributed by atoms with van der Waals surface area (Å²) < 4.78 is 9.83. The number of hydrogen-bond donors (Lipinski definition) is 1. The molecular formula is C21H23NO5. The van der Waals surface area contributed by atoms with Gasteiger partial charge in [0.15, 0.2) is 0 Å². The Labute approximate surface area is 158 Å². The van der Waals surface area contributed by atoms with E-state index in [9.17, 15) is 14.4 Å². The van der Waals surface area contributed by atoms with Crippen LogP contribution >= 0.6 is 0 Å². The molecule has 0 aliphatic carbocycles. The first-order valence-corrected chi connectivity index (χ1v) is 8.52. The van der Waals surface area contributed by atoms with E-state index < -0.39 is 11.9 Å². The Morgan fingerprint density at radius 3 is 1.96 bits per heavy atom. The Morgan fingerprint density at radius 1 is 0.926 bits per heavy atom. The summed E-state index contributed by atoms with van der Waals surface area (Å²) in [5.74, 6) is -1.83. The van der Waals surface area contributed by atoms with Gasteiger partial charge in [-0.1, -0.05) is 44.2 Å². The lowest BCUT2D eigenvalue weighted by atomic mass is 9.87. The number of methoxy groups -OCH3 is 2. The molecule has 0 heterocycles. The summed E-state index contributed by atoms with van der Waals surface area (Å²) >= 11 is 0. The lowest BCUT2D eigenvalue weighted by molar-refractivity contribution is -0.114. The van der Waals surface area contributed by atoms with E-state index in [2.05, 4.69) is 5.32 Å². The lowest BCUT2D eigenvalue weighted by Gasteiger charge is -2.22. The normalized spacial score (nSPS) is 10.4. The molecular weight excluding hydrogens is 346 g/mol. The van der Waals surface area contributed by atoms with Gasteiger partial charge in [0, 0.05) is 12.5 Å². The zero-order valence-electron chi connectivity index (χ0n) is 16.1. The van der Waals surface area contributed by atoms with Crippen LogP contribution in [0, 0.1) is 0 Å². The summed E-state index contributed by atoms with van der Waals surface area (Å²) in [4.78, 5) is 37.0. The topological polar surface area (TPSA) is 81.7 Å². The highest BCUT2D eigenvalue weighted by Crippen LogP contribution is 2.38. The summed E-state index contributed by atoms with van der Waals surface area (Å²) in [7, 11) is 2.47. The van der Waals surface area contributed by atoms with Crippen LogP contribution in [0.2, 0.25) is 0 Å². The van der Waals surface area contributed by atoms with Crippen LogP contribution in [0.3, 0.4) is 0 Å². The van der Waals surface area contributed by atoms with Crippen molar-refractivity contribution in [2.45, 2.75) is 26.7 Å². The van der Waals surface area contributed by atoms with Crippen molar-refractivity contribution in [3.8, 4) is 11.1 Å². The quantitative estimate of drug-likeness (QED) is 0.806. The van der Waals surface area contributed by atoms with E-state index in [0.717, 1.165) is 5.56 Å².